The lowest BCUT2D eigenvalue weighted by atomic mass is 10.1. The Bertz CT molecular complexity index is 673. The Kier molecular flexibility index (Phi) is 6.67. The SMILES string of the molecule is CCCCc1ccc(C=NN=Cc2ccc(CC)cc2)c(F)c1. The highest BCUT2D eigenvalue weighted by Gasteiger charge is 2.01. The second-order valence-electron chi connectivity index (χ2n) is 5.54. The fraction of sp³-hybridized carbons (Fsp3) is 0.300. The Labute approximate surface area is 137 Å². The highest BCUT2D eigenvalue weighted by atomic mass is 19.1. The van der Waals surface area contributed by atoms with E-state index in [1.165, 1.54) is 11.8 Å². The summed E-state index contributed by atoms with van der Waals surface area (Å²) in [6.07, 6.45) is 7.24. The van der Waals surface area contributed by atoms with Gasteiger partial charge in [0, 0.05) is 5.56 Å². The summed E-state index contributed by atoms with van der Waals surface area (Å²) in [6.45, 7) is 4.25. The van der Waals surface area contributed by atoms with E-state index < -0.39 is 0 Å². The first-order chi connectivity index (χ1) is 11.2. The van der Waals surface area contributed by atoms with Crippen LogP contribution in [-0.2, 0) is 12.8 Å². The lowest BCUT2D eigenvalue weighted by molar-refractivity contribution is 0.622. The van der Waals surface area contributed by atoms with Crippen molar-refractivity contribution < 1.29 is 4.39 Å². The van der Waals surface area contributed by atoms with Crippen LogP contribution in [0.25, 0.3) is 0 Å². The molecular weight excluding hydrogens is 287 g/mol. The van der Waals surface area contributed by atoms with E-state index in [0.29, 0.717) is 5.56 Å². The van der Waals surface area contributed by atoms with E-state index in [-0.39, 0.29) is 5.82 Å². The van der Waals surface area contributed by atoms with Gasteiger partial charge in [-0.2, -0.15) is 10.2 Å². The Hall–Kier alpha value is -2.29. The summed E-state index contributed by atoms with van der Waals surface area (Å²) in [6, 6.07) is 13.4. The standard InChI is InChI=1S/C20H23FN2/c1-3-5-6-17-11-12-19(20(21)13-17)15-23-22-14-18-9-7-16(4-2)8-10-18/h7-15H,3-6H2,1-2H3. The smallest absolute Gasteiger partial charge is 0.132 e. The summed E-state index contributed by atoms with van der Waals surface area (Å²) in [5, 5.41) is 7.92. The number of nitrogens with zero attached hydrogens (tertiary/aromatic N) is 2. The molecule has 0 saturated carbocycles. The number of aryl methyl sites for hydroxylation is 2. The molecule has 0 radical (unpaired) electrons. The molecule has 0 saturated heterocycles. The number of hydrogen-bond donors (Lipinski definition) is 0. The largest absolute Gasteiger partial charge is 0.206 e. The molecule has 0 bridgehead atoms. The average molecular weight is 310 g/mol. The van der Waals surface area contributed by atoms with Crippen LogP contribution in [0, 0.1) is 5.82 Å². The highest BCUT2D eigenvalue weighted by Crippen LogP contribution is 2.11. The van der Waals surface area contributed by atoms with Crippen LogP contribution < -0.4 is 0 Å². The summed E-state index contributed by atoms with van der Waals surface area (Å²) in [5.41, 5.74) is 3.76. The summed E-state index contributed by atoms with van der Waals surface area (Å²) >= 11 is 0. The quantitative estimate of drug-likeness (QED) is 0.497. The minimum Gasteiger partial charge on any atom is -0.206 e. The van der Waals surface area contributed by atoms with Crippen LogP contribution in [0.4, 0.5) is 4.39 Å². The van der Waals surface area contributed by atoms with Crippen LogP contribution in [0.5, 0.6) is 0 Å². The summed E-state index contributed by atoms with van der Waals surface area (Å²) in [5.74, 6) is -0.246. The van der Waals surface area contributed by atoms with Gasteiger partial charge in [0.25, 0.3) is 0 Å². The van der Waals surface area contributed by atoms with Gasteiger partial charge in [-0.15, -0.1) is 0 Å². The van der Waals surface area contributed by atoms with Gasteiger partial charge in [-0.25, -0.2) is 4.39 Å². The van der Waals surface area contributed by atoms with Gasteiger partial charge in [0.05, 0.1) is 12.4 Å². The lowest BCUT2D eigenvalue weighted by Gasteiger charge is -2.01. The maximum absolute atomic E-state index is 14.0. The average Bonchev–Trinajstić information content (AvgIpc) is 2.58. The van der Waals surface area contributed by atoms with Crippen LogP contribution in [0.3, 0.4) is 0 Å². The molecule has 2 aromatic carbocycles. The van der Waals surface area contributed by atoms with Crippen molar-refractivity contribution in [3.63, 3.8) is 0 Å². The van der Waals surface area contributed by atoms with Crippen molar-refractivity contribution in [1.29, 1.82) is 0 Å². The van der Waals surface area contributed by atoms with E-state index in [1.807, 2.05) is 18.2 Å². The molecule has 0 amide bonds. The minimum absolute atomic E-state index is 0.246. The van der Waals surface area contributed by atoms with Gasteiger partial charge in [-0.3, -0.25) is 0 Å². The van der Waals surface area contributed by atoms with Gasteiger partial charge < -0.3 is 0 Å². The highest BCUT2D eigenvalue weighted by molar-refractivity contribution is 5.82. The maximum atomic E-state index is 14.0. The van der Waals surface area contributed by atoms with E-state index in [0.717, 1.165) is 36.8 Å². The van der Waals surface area contributed by atoms with Crippen LogP contribution in [0.1, 0.15) is 48.9 Å². The molecule has 0 fully saturated rings. The second kappa shape index (κ2) is 8.99. The Morgan fingerprint density at radius 3 is 2.26 bits per heavy atom. The monoisotopic (exact) mass is 310 g/mol. The molecule has 0 aliphatic heterocycles. The van der Waals surface area contributed by atoms with E-state index in [2.05, 4.69) is 36.2 Å². The van der Waals surface area contributed by atoms with Crippen molar-refractivity contribution in [2.75, 3.05) is 0 Å². The zero-order valence-electron chi connectivity index (χ0n) is 13.8. The third kappa shape index (κ3) is 5.44. The van der Waals surface area contributed by atoms with Gasteiger partial charge in [0.1, 0.15) is 5.82 Å². The lowest BCUT2D eigenvalue weighted by Crippen LogP contribution is -1.92. The molecule has 120 valence electrons. The third-order valence-electron chi connectivity index (χ3n) is 3.74. The fourth-order valence-corrected chi connectivity index (χ4v) is 2.25. The molecular formula is C20H23FN2. The first-order valence-corrected chi connectivity index (χ1v) is 8.16. The molecule has 2 aromatic rings. The molecule has 23 heavy (non-hydrogen) atoms. The maximum Gasteiger partial charge on any atom is 0.132 e. The summed E-state index contributed by atoms with van der Waals surface area (Å²) in [7, 11) is 0. The van der Waals surface area contributed by atoms with Gasteiger partial charge in [0.15, 0.2) is 0 Å². The van der Waals surface area contributed by atoms with Crippen LogP contribution in [0.15, 0.2) is 52.7 Å². The van der Waals surface area contributed by atoms with Crippen molar-refractivity contribution in [2.45, 2.75) is 39.5 Å². The van der Waals surface area contributed by atoms with Crippen molar-refractivity contribution in [2.24, 2.45) is 10.2 Å². The van der Waals surface area contributed by atoms with Gasteiger partial charge in [0.2, 0.25) is 0 Å². The van der Waals surface area contributed by atoms with Crippen LogP contribution >= 0.6 is 0 Å². The van der Waals surface area contributed by atoms with Crippen LogP contribution in [-0.4, -0.2) is 12.4 Å². The first-order valence-electron chi connectivity index (χ1n) is 8.16. The summed E-state index contributed by atoms with van der Waals surface area (Å²) < 4.78 is 14.0. The molecule has 0 aromatic heterocycles. The zero-order valence-corrected chi connectivity index (χ0v) is 13.8. The van der Waals surface area contributed by atoms with Crippen LogP contribution in [0.2, 0.25) is 0 Å². The number of benzene rings is 2. The molecule has 0 heterocycles. The Balaban J connectivity index is 1.97. The van der Waals surface area contributed by atoms with E-state index >= 15 is 0 Å². The molecule has 0 N–H and O–H groups in total. The van der Waals surface area contributed by atoms with Gasteiger partial charge >= 0.3 is 0 Å². The Morgan fingerprint density at radius 2 is 1.61 bits per heavy atom. The number of halogens is 1. The Morgan fingerprint density at radius 1 is 0.913 bits per heavy atom. The van der Waals surface area contributed by atoms with E-state index in [4.69, 9.17) is 0 Å². The normalized spacial score (nSPS) is 11.6. The number of unbranched alkanes of at least 4 members (excludes halogenated alkanes) is 1. The van der Waals surface area contributed by atoms with Crippen molar-refractivity contribution in [1.82, 2.24) is 0 Å². The molecule has 0 aliphatic carbocycles. The molecule has 0 spiro atoms. The fourth-order valence-electron chi connectivity index (χ4n) is 2.25. The van der Waals surface area contributed by atoms with Crippen molar-refractivity contribution >= 4 is 12.4 Å². The van der Waals surface area contributed by atoms with E-state index in [9.17, 15) is 4.39 Å². The number of rotatable bonds is 7. The predicted molar refractivity (Wildman–Crippen MR) is 96.0 cm³/mol. The molecule has 2 nitrogen and oxygen atoms in total. The third-order valence-corrected chi connectivity index (χ3v) is 3.74. The molecule has 0 atom stereocenters. The molecule has 3 heteroatoms. The predicted octanol–water partition coefficient (Wildman–Crippen LogP) is 5.18. The van der Waals surface area contributed by atoms with E-state index in [1.54, 1.807) is 18.3 Å². The first kappa shape index (κ1) is 17.1. The second-order valence-corrected chi connectivity index (χ2v) is 5.54. The van der Waals surface area contributed by atoms with Gasteiger partial charge in [-0.05, 0) is 42.0 Å². The number of hydrogen-bond acceptors (Lipinski definition) is 2. The summed E-state index contributed by atoms with van der Waals surface area (Å²) in [4.78, 5) is 0. The van der Waals surface area contributed by atoms with Crippen molar-refractivity contribution in [3.8, 4) is 0 Å². The molecule has 0 unspecified atom stereocenters. The topological polar surface area (TPSA) is 24.7 Å². The molecule has 0 aliphatic rings. The molecule has 2 rings (SSSR count). The zero-order chi connectivity index (χ0) is 16.5. The van der Waals surface area contributed by atoms with Gasteiger partial charge in [-0.1, -0.05) is 56.7 Å². The van der Waals surface area contributed by atoms with Crippen molar-refractivity contribution in [3.05, 3.63) is 70.5 Å². The minimum atomic E-state index is -0.246.